The maximum atomic E-state index is 11.6. The number of sulfonamides is 1. The molecule has 0 radical (unpaired) electrons. The minimum Gasteiger partial charge on any atom is -0.454 e. The third kappa shape index (κ3) is 2.76. The van der Waals surface area contributed by atoms with E-state index in [1.807, 2.05) is 0 Å². The van der Waals surface area contributed by atoms with Gasteiger partial charge in [-0.15, -0.1) is 0 Å². The van der Waals surface area contributed by atoms with Gasteiger partial charge in [0.25, 0.3) is 0 Å². The summed E-state index contributed by atoms with van der Waals surface area (Å²) in [5.41, 5.74) is 0.310. The molecule has 0 saturated carbocycles. The van der Waals surface area contributed by atoms with Crippen molar-refractivity contribution in [2.75, 3.05) is 17.3 Å². The molecule has 0 fully saturated rings. The minimum absolute atomic E-state index is 0.0533. The molecule has 1 aliphatic rings. The molecule has 1 aromatic rings. The summed E-state index contributed by atoms with van der Waals surface area (Å²) in [5, 5.41) is 0.286. The number of halogens is 1. The van der Waals surface area contributed by atoms with Crippen LogP contribution in [0.15, 0.2) is 12.1 Å². The van der Waals surface area contributed by atoms with Gasteiger partial charge in [-0.2, -0.15) is 0 Å². The van der Waals surface area contributed by atoms with Gasteiger partial charge >= 0.3 is 0 Å². The fourth-order valence-corrected chi connectivity index (χ4v) is 2.88. The highest BCUT2D eigenvalue weighted by atomic mass is 35.5. The molecule has 1 heterocycles. The lowest BCUT2D eigenvalue weighted by atomic mass is 10.3. The molecule has 0 aliphatic carbocycles. The Morgan fingerprint density at radius 3 is 2.65 bits per heavy atom. The summed E-state index contributed by atoms with van der Waals surface area (Å²) in [6, 6.07) is 3.06. The monoisotopic (exact) mass is 277 g/mol. The predicted octanol–water partition coefficient (Wildman–Crippen LogP) is 2.22. The summed E-state index contributed by atoms with van der Waals surface area (Å²) >= 11 is 5.95. The van der Waals surface area contributed by atoms with E-state index in [4.69, 9.17) is 21.1 Å². The molecule has 94 valence electrons. The average Bonchev–Trinajstić information content (AvgIpc) is 2.64. The van der Waals surface area contributed by atoms with Crippen LogP contribution in [0.3, 0.4) is 0 Å². The van der Waals surface area contributed by atoms with Crippen LogP contribution in [-0.2, 0) is 10.0 Å². The fourth-order valence-electron chi connectivity index (χ4n) is 1.48. The lowest BCUT2D eigenvalue weighted by Crippen LogP contribution is -2.16. The Morgan fingerprint density at radius 2 is 2.00 bits per heavy atom. The van der Waals surface area contributed by atoms with Crippen molar-refractivity contribution in [3.63, 3.8) is 0 Å². The Morgan fingerprint density at radius 1 is 1.35 bits per heavy atom. The third-order valence-corrected chi connectivity index (χ3v) is 3.99. The van der Waals surface area contributed by atoms with E-state index in [1.165, 1.54) is 12.1 Å². The molecule has 0 spiro atoms. The standard InChI is InChI=1S/C10H12ClNO4S/c1-2-3-17(13,14)12-8-5-10-9(4-7(8)11)15-6-16-10/h4-5,12H,2-3,6H2,1H3. The van der Waals surface area contributed by atoms with Crippen LogP contribution < -0.4 is 14.2 Å². The molecule has 1 N–H and O–H groups in total. The second-order valence-corrected chi connectivity index (χ2v) is 5.86. The molecular weight excluding hydrogens is 266 g/mol. The van der Waals surface area contributed by atoms with Crippen molar-refractivity contribution in [2.24, 2.45) is 0 Å². The van der Waals surface area contributed by atoms with Crippen molar-refractivity contribution in [3.05, 3.63) is 17.2 Å². The molecule has 0 aromatic heterocycles. The van der Waals surface area contributed by atoms with Crippen LogP contribution in [0, 0.1) is 0 Å². The van der Waals surface area contributed by atoms with Gasteiger partial charge in [0, 0.05) is 12.1 Å². The molecule has 0 saturated heterocycles. The summed E-state index contributed by atoms with van der Waals surface area (Å²) in [7, 11) is -3.36. The van der Waals surface area contributed by atoms with Crippen molar-refractivity contribution in [1.82, 2.24) is 0 Å². The number of rotatable bonds is 4. The Kier molecular flexibility index (Phi) is 3.35. The first-order valence-electron chi connectivity index (χ1n) is 5.11. The van der Waals surface area contributed by atoms with E-state index in [9.17, 15) is 8.42 Å². The van der Waals surface area contributed by atoms with Gasteiger partial charge in [0.05, 0.1) is 16.5 Å². The maximum Gasteiger partial charge on any atom is 0.232 e. The van der Waals surface area contributed by atoms with Crippen molar-refractivity contribution in [3.8, 4) is 11.5 Å². The zero-order chi connectivity index (χ0) is 12.5. The number of ether oxygens (including phenoxy) is 2. The minimum atomic E-state index is -3.36. The highest BCUT2D eigenvalue weighted by Crippen LogP contribution is 2.39. The lowest BCUT2D eigenvalue weighted by Gasteiger charge is -2.09. The van der Waals surface area contributed by atoms with Crippen LogP contribution in [0.1, 0.15) is 13.3 Å². The molecular formula is C10H12ClNO4S. The van der Waals surface area contributed by atoms with Crippen LogP contribution >= 0.6 is 11.6 Å². The number of anilines is 1. The van der Waals surface area contributed by atoms with Crippen molar-refractivity contribution < 1.29 is 17.9 Å². The molecule has 1 aromatic carbocycles. The largest absolute Gasteiger partial charge is 0.454 e. The van der Waals surface area contributed by atoms with E-state index in [1.54, 1.807) is 6.92 Å². The van der Waals surface area contributed by atoms with E-state index in [0.717, 1.165) is 0 Å². The molecule has 0 amide bonds. The highest BCUT2D eigenvalue weighted by molar-refractivity contribution is 7.92. The van der Waals surface area contributed by atoms with E-state index in [2.05, 4.69) is 4.72 Å². The Labute approximate surface area is 105 Å². The molecule has 0 unspecified atom stereocenters. The highest BCUT2D eigenvalue weighted by Gasteiger charge is 2.19. The molecule has 0 bridgehead atoms. The Balaban J connectivity index is 2.28. The van der Waals surface area contributed by atoms with Gasteiger partial charge in [0.2, 0.25) is 16.8 Å². The summed E-state index contributed by atoms with van der Waals surface area (Å²) in [5.74, 6) is 1.06. The van der Waals surface area contributed by atoms with Gasteiger partial charge in [0.1, 0.15) is 0 Å². The predicted molar refractivity (Wildman–Crippen MR) is 65.3 cm³/mol. The molecule has 17 heavy (non-hydrogen) atoms. The normalized spacial score (nSPS) is 13.8. The molecule has 2 rings (SSSR count). The SMILES string of the molecule is CCCS(=O)(=O)Nc1cc2c(cc1Cl)OCO2. The lowest BCUT2D eigenvalue weighted by molar-refractivity contribution is 0.174. The first-order valence-corrected chi connectivity index (χ1v) is 7.14. The number of hydrogen-bond donors (Lipinski definition) is 1. The van der Waals surface area contributed by atoms with E-state index < -0.39 is 10.0 Å². The summed E-state index contributed by atoms with van der Waals surface area (Å²) < 4.78 is 35.9. The first-order chi connectivity index (χ1) is 8.02. The smallest absolute Gasteiger partial charge is 0.232 e. The van der Waals surface area contributed by atoms with Gasteiger partial charge in [0.15, 0.2) is 11.5 Å². The summed E-state index contributed by atoms with van der Waals surface area (Å²) in [6.07, 6.45) is 0.539. The number of nitrogens with one attached hydrogen (secondary N) is 1. The summed E-state index contributed by atoms with van der Waals surface area (Å²) in [6.45, 7) is 1.91. The maximum absolute atomic E-state index is 11.6. The second-order valence-electron chi connectivity index (χ2n) is 3.61. The molecule has 5 nitrogen and oxygen atoms in total. The van der Waals surface area contributed by atoms with E-state index in [0.29, 0.717) is 23.6 Å². The quantitative estimate of drug-likeness (QED) is 0.916. The van der Waals surface area contributed by atoms with E-state index in [-0.39, 0.29) is 17.6 Å². The average molecular weight is 278 g/mol. The third-order valence-electron chi connectivity index (χ3n) is 2.20. The first kappa shape index (κ1) is 12.3. The van der Waals surface area contributed by atoms with Gasteiger partial charge in [-0.1, -0.05) is 18.5 Å². The Hall–Kier alpha value is -1.14. The summed E-state index contributed by atoms with van der Waals surface area (Å²) in [4.78, 5) is 0. The van der Waals surface area contributed by atoms with Gasteiger partial charge < -0.3 is 9.47 Å². The van der Waals surface area contributed by atoms with E-state index >= 15 is 0 Å². The van der Waals surface area contributed by atoms with Crippen LogP contribution in [0.4, 0.5) is 5.69 Å². The number of hydrogen-bond acceptors (Lipinski definition) is 4. The zero-order valence-corrected chi connectivity index (χ0v) is 10.8. The van der Waals surface area contributed by atoms with Gasteiger partial charge in [-0.05, 0) is 6.42 Å². The van der Waals surface area contributed by atoms with Gasteiger partial charge in [-0.25, -0.2) is 8.42 Å². The molecule has 1 aliphatic heterocycles. The van der Waals surface area contributed by atoms with Crippen LogP contribution in [0.2, 0.25) is 5.02 Å². The van der Waals surface area contributed by atoms with Crippen LogP contribution in [-0.4, -0.2) is 21.0 Å². The Bertz CT molecular complexity index is 529. The number of fused-ring (bicyclic) bond motifs is 1. The van der Waals surface area contributed by atoms with Crippen LogP contribution in [0.5, 0.6) is 11.5 Å². The molecule has 7 heteroatoms. The fraction of sp³-hybridized carbons (Fsp3) is 0.400. The number of benzene rings is 1. The van der Waals surface area contributed by atoms with Gasteiger partial charge in [-0.3, -0.25) is 4.72 Å². The zero-order valence-electron chi connectivity index (χ0n) is 9.20. The van der Waals surface area contributed by atoms with Crippen LogP contribution in [0.25, 0.3) is 0 Å². The van der Waals surface area contributed by atoms with Crippen molar-refractivity contribution in [2.45, 2.75) is 13.3 Å². The topological polar surface area (TPSA) is 64.6 Å². The van der Waals surface area contributed by atoms with Crippen molar-refractivity contribution >= 4 is 27.3 Å². The van der Waals surface area contributed by atoms with Crippen molar-refractivity contribution in [1.29, 1.82) is 0 Å². The molecule has 0 atom stereocenters. The second kappa shape index (κ2) is 4.62.